The Morgan fingerprint density at radius 1 is 0.720 bits per heavy atom. The first-order valence-corrected chi connectivity index (χ1v) is 21.9. The Hall–Kier alpha value is -1.78. The highest BCUT2D eigenvalue weighted by molar-refractivity contribution is 7.87. The van der Waals surface area contributed by atoms with Gasteiger partial charge in [0.1, 0.15) is 0 Å². The maximum Gasteiger partial charge on any atom is 0.297 e. The largest absolute Gasteiger partial charge is 0.367 e. The van der Waals surface area contributed by atoms with E-state index in [0.29, 0.717) is 55.0 Å². The summed E-state index contributed by atoms with van der Waals surface area (Å²) in [5, 5.41) is 0. The van der Waals surface area contributed by atoms with Crippen LogP contribution >= 0.6 is 0 Å². The molecular formula is C41H58O7S2. The van der Waals surface area contributed by atoms with Crippen molar-refractivity contribution in [3.05, 3.63) is 59.7 Å². The van der Waals surface area contributed by atoms with Gasteiger partial charge in [0.25, 0.3) is 20.2 Å². The monoisotopic (exact) mass is 726 g/mol. The average molecular weight is 727 g/mol. The van der Waals surface area contributed by atoms with E-state index in [0.717, 1.165) is 30.4 Å². The molecule has 9 heteroatoms. The number of benzene rings is 2. The summed E-state index contributed by atoms with van der Waals surface area (Å²) in [5.74, 6) is 2.45. The summed E-state index contributed by atoms with van der Waals surface area (Å²) in [6, 6.07) is 13.6. The fraction of sp³-hybridized carbons (Fsp3) is 0.707. The summed E-state index contributed by atoms with van der Waals surface area (Å²) >= 11 is 0. The maximum absolute atomic E-state index is 13.9. The van der Waals surface area contributed by atoms with Crippen LogP contribution in [0.2, 0.25) is 0 Å². The van der Waals surface area contributed by atoms with Crippen LogP contribution in [0.4, 0.5) is 0 Å². The number of fused-ring (bicyclic) bond motifs is 5. The molecule has 4 saturated carbocycles. The zero-order valence-electron chi connectivity index (χ0n) is 31.1. The third-order valence-corrected chi connectivity index (χ3v) is 17.3. The molecule has 50 heavy (non-hydrogen) atoms. The average Bonchev–Trinajstić information content (AvgIpc) is 3.50. The van der Waals surface area contributed by atoms with Gasteiger partial charge in [-0.2, -0.15) is 16.8 Å². The molecule has 0 radical (unpaired) electrons. The van der Waals surface area contributed by atoms with Gasteiger partial charge in [0.15, 0.2) is 0 Å². The molecule has 0 bridgehead atoms. The highest BCUT2D eigenvalue weighted by atomic mass is 32.2. The molecule has 11 atom stereocenters. The molecule has 1 aliphatic heterocycles. The van der Waals surface area contributed by atoms with E-state index in [2.05, 4.69) is 34.6 Å². The van der Waals surface area contributed by atoms with Crippen molar-refractivity contribution >= 4 is 20.2 Å². The predicted octanol–water partition coefficient (Wildman–Crippen LogP) is 9.01. The van der Waals surface area contributed by atoms with Crippen molar-refractivity contribution in [2.45, 2.75) is 146 Å². The predicted molar refractivity (Wildman–Crippen MR) is 194 cm³/mol. The lowest BCUT2D eigenvalue weighted by molar-refractivity contribution is -0.163. The van der Waals surface area contributed by atoms with Gasteiger partial charge >= 0.3 is 0 Å². The molecule has 4 aliphatic carbocycles. The normalized spacial score (nSPS) is 38.5. The van der Waals surface area contributed by atoms with Gasteiger partial charge in [-0.1, -0.05) is 56.2 Å². The summed E-state index contributed by atoms with van der Waals surface area (Å²) in [5.41, 5.74) is 2.03. The van der Waals surface area contributed by atoms with E-state index >= 15 is 0 Å². The van der Waals surface area contributed by atoms with Crippen molar-refractivity contribution in [1.82, 2.24) is 0 Å². The van der Waals surface area contributed by atoms with Crippen LogP contribution in [0.5, 0.6) is 0 Å². The number of ether oxygens (including phenoxy) is 1. The van der Waals surface area contributed by atoms with E-state index in [1.54, 1.807) is 48.5 Å². The van der Waals surface area contributed by atoms with E-state index in [1.807, 2.05) is 13.8 Å². The summed E-state index contributed by atoms with van der Waals surface area (Å²) in [7, 11) is -8.01. The highest BCUT2D eigenvalue weighted by Crippen LogP contribution is 2.69. The fourth-order valence-corrected chi connectivity index (χ4v) is 13.9. The Bertz CT molecular complexity index is 1770. The van der Waals surface area contributed by atoms with Gasteiger partial charge in [-0.25, -0.2) is 0 Å². The lowest BCUT2D eigenvalue weighted by atomic mass is 9.43. The van der Waals surface area contributed by atoms with Crippen molar-refractivity contribution in [2.75, 3.05) is 0 Å². The molecule has 2 aromatic carbocycles. The third kappa shape index (κ3) is 6.65. The minimum atomic E-state index is -4.04. The smallest absolute Gasteiger partial charge is 0.297 e. The van der Waals surface area contributed by atoms with Crippen molar-refractivity contribution in [3.63, 3.8) is 0 Å². The molecule has 1 heterocycles. The van der Waals surface area contributed by atoms with Crippen LogP contribution in [0, 0.1) is 60.2 Å². The molecule has 0 N–H and O–H groups in total. The molecule has 7 rings (SSSR count). The van der Waals surface area contributed by atoms with E-state index < -0.39 is 32.4 Å². The zero-order chi connectivity index (χ0) is 35.9. The minimum absolute atomic E-state index is 0.0246. The number of aryl methyl sites for hydroxylation is 2. The second-order valence-corrected chi connectivity index (χ2v) is 21.0. The van der Waals surface area contributed by atoms with E-state index in [9.17, 15) is 16.8 Å². The molecule has 0 amide bonds. The Kier molecular flexibility index (Phi) is 9.48. The van der Waals surface area contributed by atoms with Gasteiger partial charge in [-0.15, -0.1) is 0 Å². The molecule has 276 valence electrons. The van der Waals surface area contributed by atoms with Gasteiger partial charge in [0.05, 0.1) is 33.7 Å². The van der Waals surface area contributed by atoms with E-state index in [1.165, 1.54) is 25.7 Å². The molecule has 1 saturated heterocycles. The number of hydrogen-bond donors (Lipinski definition) is 0. The summed E-state index contributed by atoms with van der Waals surface area (Å²) in [6.45, 7) is 15.6. The van der Waals surface area contributed by atoms with Crippen LogP contribution in [-0.2, 0) is 33.3 Å². The second-order valence-electron chi connectivity index (χ2n) is 17.9. The lowest BCUT2D eigenvalue weighted by Gasteiger charge is -2.62. The molecule has 1 unspecified atom stereocenters. The Balaban J connectivity index is 1.15. The van der Waals surface area contributed by atoms with Crippen molar-refractivity contribution in [2.24, 2.45) is 46.3 Å². The van der Waals surface area contributed by atoms with Crippen molar-refractivity contribution in [3.8, 4) is 0 Å². The Labute approximate surface area is 301 Å². The number of rotatable bonds is 10. The Morgan fingerprint density at radius 3 is 1.84 bits per heavy atom. The van der Waals surface area contributed by atoms with Gasteiger partial charge in [0, 0.05) is 0 Å². The van der Waals surface area contributed by atoms with Crippen LogP contribution < -0.4 is 0 Å². The lowest BCUT2D eigenvalue weighted by Crippen LogP contribution is -2.59. The van der Waals surface area contributed by atoms with Crippen molar-refractivity contribution in [1.29, 1.82) is 0 Å². The van der Waals surface area contributed by atoms with Crippen LogP contribution in [0.1, 0.15) is 110 Å². The summed E-state index contributed by atoms with van der Waals surface area (Å²) < 4.78 is 72.9. The Morgan fingerprint density at radius 2 is 1.26 bits per heavy atom. The van der Waals surface area contributed by atoms with Gasteiger partial charge in [-0.3, -0.25) is 8.37 Å². The van der Waals surface area contributed by atoms with Crippen LogP contribution in [0.15, 0.2) is 58.3 Å². The third-order valence-electron chi connectivity index (χ3n) is 14.5. The SMILES string of the molecule is Cc1ccc(S(=O)(=O)O[C@@H]2CC[C@]3(C)[C@H]4CC[C@]5(C)[C@@H]([C@H](C)CCC6OC6(C)C)CC[C@H]5[C@@H]4C[C@H](OS(=O)(=O)c4ccc(C)cc4)[C@@H]3C2)cc1. The topological polar surface area (TPSA) is 99.3 Å². The quantitative estimate of drug-likeness (QED) is 0.178. The van der Waals surface area contributed by atoms with E-state index in [4.69, 9.17) is 13.1 Å². The van der Waals surface area contributed by atoms with Crippen molar-refractivity contribution < 1.29 is 29.9 Å². The summed E-state index contributed by atoms with van der Waals surface area (Å²) in [6.07, 6.45) is 8.86. The standard InChI is InChI=1S/C41H58O7S2/c1-26-8-13-30(14-9-26)49(42,43)47-29-20-22-41(7)35-21-23-40(6)33(28(3)12-19-38-39(4,5)46-38)17-18-34(40)32(35)25-37(36(41)24-29)48-50(44,45)31-15-10-27(2)11-16-31/h8-11,13-16,28-29,32-38H,12,17-25H2,1-7H3/t28-,29-,32+,33-,34+,35+,36+,37+,38?,40-,41-/m1/s1. The molecule has 2 aromatic rings. The second kappa shape index (κ2) is 13.0. The summed E-state index contributed by atoms with van der Waals surface area (Å²) in [4.78, 5) is 0.323. The van der Waals surface area contributed by atoms with Crippen LogP contribution in [0.25, 0.3) is 0 Å². The van der Waals surface area contributed by atoms with Gasteiger partial charge in [-0.05, 0) is 163 Å². The van der Waals surface area contributed by atoms with Crippen LogP contribution in [-0.4, -0.2) is 40.7 Å². The van der Waals surface area contributed by atoms with Gasteiger partial charge < -0.3 is 4.74 Å². The number of hydrogen-bond acceptors (Lipinski definition) is 7. The molecule has 7 nitrogen and oxygen atoms in total. The first-order valence-electron chi connectivity index (χ1n) is 19.1. The molecule has 0 aromatic heterocycles. The molecule has 0 spiro atoms. The number of epoxide rings is 1. The first-order chi connectivity index (χ1) is 23.4. The first kappa shape index (κ1) is 36.6. The van der Waals surface area contributed by atoms with E-state index in [-0.39, 0.29) is 32.1 Å². The maximum atomic E-state index is 13.9. The van der Waals surface area contributed by atoms with Gasteiger partial charge in [0.2, 0.25) is 0 Å². The highest BCUT2D eigenvalue weighted by Gasteiger charge is 2.63. The molecule has 5 aliphatic rings. The van der Waals surface area contributed by atoms with Crippen LogP contribution in [0.3, 0.4) is 0 Å². The molecule has 5 fully saturated rings. The fourth-order valence-electron chi connectivity index (χ4n) is 11.6. The zero-order valence-corrected chi connectivity index (χ0v) is 32.7. The minimum Gasteiger partial charge on any atom is -0.367 e. The molecular weight excluding hydrogens is 669 g/mol.